The van der Waals surface area contributed by atoms with E-state index in [-0.39, 0.29) is 24.3 Å². The standard InChI is InChI=1S/C8H13ClN2O2/c1-6(4-9)8(13)11-3-2-10-7(12)5-11/h6H,2-5H2,1H3,(H,10,12). The van der Waals surface area contributed by atoms with Crippen LogP contribution < -0.4 is 5.32 Å². The number of amides is 2. The van der Waals surface area contributed by atoms with Gasteiger partial charge in [0.1, 0.15) is 0 Å². The summed E-state index contributed by atoms with van der Waals surface area (Å²) in [6.07, 6.45) is 0. The number of nitrogens with one attached hydrogen (secondary N) is 1. The molecule has 0 saturated carbocycles. The Labute approximate surface area is 82.2 Å². The van der Waals surface area contributed by atoms with Crippen LogP contribution in [0.4, 0.5) is 0 Å². The van der Waals surface area contributed by atoms with Crippen molar-refractivity contribution in [2.45, 2.75) is 6.92 Å². The third-order valence-corrected chi connectivity index (χ3v) is 2.47. The van der Waals surface area contributed by atoms with Crippen LogP contribution in [0.2, 0.25) is 0 Å². The summed E-state index contributed by atoms with van der Waals surface area (Å²) in [5, 5.41) is 2.66. The predicted molar refractivity (Wildman–Crippen MR) is 49.5 cm³/mol. The Bertz CT molecular complexity index is 220. The van der Waals surface area contributed by atoms with Gasteiger partial charge in [-0.25, -0.2) is 0 Å². The van der Waals surface area contributed by atoms with E-state index in [1.807, 2.05) is 0 Å². The van der Waals surface area contributed by atoms with Gasteiger partial charge < -0.3 is 10.2 Å². The van der Waals surface area contributed by atoms with Crippen LogP contribution in [0.3, 0.4) is 0 Å². The second kappa shape index (κ2) is 4.46. The second-order valence-electron chi connectivity index (χ2n) is 3.17. The summed E-state index contributed by atoms with van der Waals surface area (Å²) in [5.74, 6) is -0.0319. The second-order valence-corrected chi connectivity index (χ2v) is 3.47. The highest BCUT2D eigenvalue weighted by Gasteiger charge is 2.24. The first kappa shape index (κ1) is 10.3. The summed E-state index contributed by atoms with van der Waals surface area (Å²) < 4.78 is 0. The van der Waals surface area contributed by atoms with Crippen molar-refractivity contribution in [3.63, 3.8) is 0 Å². The first-order chi connectivity index (χ1) is 6.15. The molecule has 0 aliphatic carbocycles. The molecule has 13 heavy (non-hydrogen) atoms. The summed E-state index contributed by atoms with van der Waals surface area (Å²) in [6, 6.07) is 0. The normalized spacial score (nSPS) is 19.5. The van der Waals surface area contributed by atoms with Gasteiger partial charge in [0.05, 0.1) is 6.54 Å². The van der Waals surface area contributed by atoms with Gasteiger partial charge in [0.2, 0.25) is 11.8 Å². The largest absolute Gasteiger partial charge is 0.353 e. The zero-order chi connectivity index (χ0) is 9.84. The highest BCUT2D eigenvalue weighted by molar-refractivity contribution is 6.19. The first-order valence-electron chi connectivity index (χ1n) is 4.26. The maximum atomic E-state index is 11.5. The fourth-order valence-corrected chi connectivity index (χ4v) is 1.34. The zero-order valence-electron chi connectivity index (χ0n) is 7.55. The number of carbonyl (C=O) groups excluding carboxylic acids is 2. The Hall–Kier alpha value is -0.770. The molecule has 74 valence electrons. The molecule has 1 saturated heterocycles. The molecule has 1 fully saturated rings. The molecule has 0 spiro atoms. The molecule has 0 aromatic carbocycles. The fraction of sp³-hybridized carbons (Fsp3) is 0.750. The van der Waals surface area contributed by atoms with Crippen LogP contribution in [0.5, 0.6) is 0 Å². The van der Waals surface area contributed by atoms with Crippen LogP contribution >= 0.6 is 11.6 Å². The average Bonchev–Trinajstić information content (AvgIpc) is 2.15. The van der Waals surface area contributed by atoms with E-state index in [0.29, 0.717) is 19.0 Å². The van der Waals surface area contributed by atoms with Crippen LogP contribution in [-0.4, -0.2) is 42.2 Å². The summed E-state index contributed by atoms with van der Waals surface area (Å²) in [5.41, 5.74) is 0. The fourth-order valence-electron chi connectivity index (χ4n) is 1.20. The maximum absolute atomic E-state index is 11.5. The summed E-state index contributed by atoms with van der Waals surface area (Å²) in [4.78, 5) is 24.0. The number of carbonyl (C=O) groups is 2. The highest BCUT2D eigenvalue weighted by atomic mass is 35.5. The number of hydrogen-bond donors (Lipinski definition) is 1. The van der Waals surface area contributed by atoms with Gasteiger partial charge in [-0.1, -0.05) is 6.92 Å². The van der Waals surface area contributed by atoms with Gasteiger partial charge in [-0.2, -0.15) is 0 Å². The molecular weight excluding hydrogens is 192 g/mol. The minimum Gasteiger partial charge on any atom is -0.353 e. The lowest BCUT2D eigenvalue weighted by atomic mass is 10.1. The molecule has 0 aromatic heterocycles. The highest BCUT2D eigenvalue weighted by Crippen LogP contribution is 2.05. The van der Waals surface area contributed by atoms with Crippen molar-refractivity contribution < 1.29 is 9.59 Å². The quantitative estimate of drug-likeness (QED) is 0.635. The number of piperazine rings is 1. The van der Waals surface area contributed by atoms with Crippen molar-refractivity contribution in [3.05, 3.63) is 0 Å². The zero-order valence-corrected chi connectivity index (χ0v) is 8.30. The topological polar surface area (TPSA) is 49.4 Å². The molecule has 1 rings (SSSR count). The molecule has 1 N–H and O–H groups in total. The molecule has 0 radical (unpaired) electrons. The van der Waals surface area contributed by atoms with E-state index < -0.39 is 0 Å². The minimum atomic E-state index is -0.201. The Balaban J connectivity index is 2.50. The van der Waals surface area contributed by atoms with Crippen molar-refractivity contribution in [2.75, 3.05) is 25.5 Å². The Morgan fingerprint density at radius 3 is 3.00 bits per heavy atom. The van der Waals surface area contributed by atoms with Crippen LogP contribution in [-0.2, 0) is 9.59 Å². The minimum absolute atomic E-state index is 0.0372. The van der Waals surface area contributed by atoms with E-state index in [0.717, 1.165) is 0 Å². The van der Waals surface area contributed by atoms with E-state index in [1.165, 1.54) is 0 Å². The van der Waals surface area contributed by atoms with Crippen molar-refractivity contribution in [1.82, 2.24) is 10.2 Å². The monoisotopic (exact) mass is 204 g/mol. The number of hydrogen-bond acceptors (Lipinski definition) is 2. The summed E-state index contributed by atoms with van der Waals surface area (Å²) in [6.45, 7) is 3.06. The van der Waals surface area contributed by atoms with Crippen LogP contribution in [0.25, 0.3) is 0 Å². The molecule has 4 nitrogen and oxygen atoms in total. The number of rotatable bonds is 2. The lowest BCUT2D eigenvalue weighted by Crippen LogP contribution is -2.51. The van der Waals surface area contributed by atoms with E-state index in [9.17, 15) is 9.59 Å². The van der Waals surface area contributed by atoms with E-state index >= 15 is 0 Å². The lowest BCUT2D eigenvalue weighted by molar-refractivity contribution is -0.140. The van der Waals surface area contributed by atoms with E-state index in [4.69, 9.17) is 11.6 Å². The molecule has 1 aliphatic heterocycles. The van der Waals surface area contributed by atoms with Crippen molar-refractivity contribution >= 4 is 23.4 Å². The molecule has 1 atom stereocenters. The van der Waals surface area contributed by atoms with Crippen molar-refractivity contribution in [3.8, 4) is 0 Å². The molecule has 1 heterocycles. The first-order valence-corrected chi connectivity index (χ1v) is 4.80. The van der Waals surface area contributed by atoms with Gasteiger partial charge in [-0.3, -0.25) is 9.59 Å². The van der Waals surface area contributed by atoms with Gasteiger partial charge in [0.15, 0.2) is 0 Å². The molecule has 1 aliphatic rings. The van der Waals surface area contributed by atoms with Crippen LogP contribution in [0.1, 0.15) is 6.92 Å². The van der Waals surface area contributed by atoms with Crippen molar-refractivity contribution in [1.29, 1.82) is 0 Å². The third-order valence-electron chi connectivity index (χ3n) is 2.00. The lowest BCUT2D eigenvalue weighted by Gasteiger charge is -2.28. The average molecular weight is 205 g/mol. The van der Waals surface area contributed by atoms with E-state index in [1.54, 1.807) is 11.8 Å². The van der Waals surface area contributed by atoms with Gasteiger partial charge in [-0.15, -0.1) is 11.6 Å². The van der Waals surface area contributed by atoms with Gasteiger partial charge >= 0.3 is 0 Å². The van der Waals surface area contributed by atoms with Gasteiger partial charge in [0.25, 0.3) is 0 Å². The molecular formula is C8H13ClN2O2. The molecule has 0 aromatic rings. The molecule has 1 unspecified atom stereocenters. The molecule has 2 amide bonds. The van der Waals surface area contributed by atoms with Crippen LogP contribution in [0.15, 0.2) is 0 Å². The third kappa shape index (κ3) is 2.59. The van der Waals surface area contributed by atoms with E-state index in [2.05, 4.69) is 5.32 Å². The Morgan fingerprint density at radius 2 is 2.46 bits per heavy atom. The van der Waals surface area contributed by atoms with Crippen LogP contribution in [0, 0.1) is 5.92 Å². The summed E-state index contributed by atoms with van der Waals surface area (Å²) in [7, 11) is 0. The van der Waals surface area contributed by atoms with Crippen molar-refractivity contribution in [2.24, 2.45) is 5.92 Å². The predicted octanol–water partition coefficient (Wildman–Crippen LogP) is -0.180. The Kier molecular flexibility index (Phi) is 3.54. The number of halogens is 1. The SMILES string of the molecule is CC(CCl)C(=O)N1CCNC(=O)C1. The van der Waals surface area contributed by atoms with Gasteiger partial charge in [-0.05, 0) is 0 Å². The number of alkyl halides is 1. The maximum Gasteiger partial charge on any atom is 0.239 e. The molecule has 5 heteroatoms. The molecule has 0 bridgehead atoms. The smallest absolute Gasteiger partial charge is 0.239 e. The summed E-state index contributed by atoms with van der Waals surface area (Å²) >= 11 is 5.55. The van der Waals surface area contributed by atoms with Gasteiger partial charge in [0, 0.05) is 24.9 Å². The number of nitrogens with zero attached hydrogens (tertiary/aromatic N) is 1. The Morgan fingerprint density at radius 1 is 1.77 bits per heavy atom.